The fourth-order valence-corrected chi connectivity index (χ4v) is 3.55. The number of ether oxygens (including phenoxy) is 2. The van der Waals surface area contributed by atoms with E-state index in [-0.39, 0.29) is 5.82 Å². The van der Waals surface area contributed by atoms with Crippen molar-refractivity contribution < 1.29 is 13.9 Å². The number of nitrogens with one attached hydrogen (secondary N) is 1. The number of methoxy groups -OCH3 is 1. The van der Waals surface area contributed by atoms with Crippen molar-refractivity contribution in [2.24, 2.45) is 4.99 Å². The zero-order chi connectivity index (χ0) is 21.2. The van der Waals surface area contributed by atoms with Crippen molar-refractivity contribution in [1.82, 2.24) is 20.0 Å². The molecule has 0 unspecified atom stereocenters. The van der Waals surface area contributed by atoms with Crippen LogP contribution in [0, 0.1) is 5.82 Å². The van der Waals surface area contributed by atoms with Crippen LogP contribution < -0.4 is 5.32 Å². The van der Waals surface area contributed by atoms with Crippen LogP contribution >= 0.6 is 0 Å². The molecular weight excluding hydrogens is 385 g/mol. The van der Waals surface area contributed by atoms with Gasteiger partial charge in [-0.2, -0.15) is 5.10 Å². The molecule has 1 fully saturated rings. The van der Waals surface area contributed by atoms with Crippen molar-refractivity contribution in [2.75, 3.05) is 47.0 Å². The van der Waals surface area contributed by atoms with Gasteiger partial charge in [-0.05, 0) is 49.6 Å². The summed E-state index contributed by atoms with van der Waals surface area (Å²) in [6.07, 6.45) is 5.97. The highest BCUT2D eigenvalue weighted by atomic mass is 19.1. The van der Waals surface area contributed by atoms with E-state index in [2.05, 4.69) is 20.3 Å². The van der Waals surface area contributed by atoms with Crippen LogP contribution in [0.4, 0.5) is 4.39 Å². The molecule has 0 aliphatic carbocycles. The Morgan fingerprint density at radius 2 is 1.97 bits per heavy atom. The molecule has 1 N–H and O–H groups in total. The summed E-state index contributed by atoms with van der Waals surface area (Å²) in [5, 5.41) is 8.01. The summed E-state index contributed by atoms with van der Waals surface area (Å²) in [6, 6.07) is 8.31. The minimum absolute atomic E-state index is 0.247. The third-order valence-electron chi connectivity index (χ3n) is 5.20. The maximum atomic E-state index is 13.1. The third kappa shape index (κ3) is 6.53. The monoisotopic (exact) mass is 417 g/mol. The van der Waals surface area contributed by atoms with Gasteiger partial charge in [0, 0.05) is 59.6 Å². The Morgan fingerprint density at radius 1 is 1.20 bits per heavy atom. The second-order valence-corrected chi connectivity index (χ2v) is 7.36. The van der Waals surface area contributed by atoms with Crippen LogP contribution in [0.25, 0.3) is 5.69 Å². The predicted molar refractivity (Wildman–Crippen MR) is 116 cm³/mol. The molecule has 7 nitrogen and oxygen atoms in total. The topological polar surface area (TPSA) is 63.9 Å². The van der Waals surface area contributed by atoms with Crippen LogP contribution in [-0.4, -0.2) is 73.7 Å². The Morgan fingerprint density at radius 3 is 2.67 bits per heavy atom. The Kier molecular flexibility index (Phi) is 8.65. The second kappa shape index (κ2) is 11.7. The number of hydrogen-bond acceptors (Lipinski definition) is 4. The van der Waals surface area contributed by atoms with Gasteiger partial charge in [-0.15, -0.1) is 0 Å². The van der Waals surface area contributed by atoms with Gasteiger partial charge in [0.15, 0.2) is 5.96 Å². The highest BCUT2D eigenvalue weighted by Gasteiger charge is 2.21. The van der Waals surface area contributed by atoms with E-state index >= 15 is 0 Å². The molecule has 0 amide bonds. The molecule has 30 heavy (non-hydrogen) atoms. The Bertz CT molecular complexity index is 785. The zero-order valence-electron chi connectivity index (χ0n) is 17.9. The number of halogens is 1. The summed E-state index contributed by atoms with van der Waals surface area (Å²) < 4.78 is 25.8. The standard InChI is InChI=1S/C22H32FN5O2/c1-24-22(27-13-10-21(11-14-27)30-17-3-16-29-2)25-12-8-19-9-15-28(26-19)20-6-4-18(23)5-7-20/h4-7,9,15,21H,3,8,10-14,16-17H2,1-2H3,(H,24,25). The lowest BCUT2D eigenvalue weighted by atomic mass is 10.1. The number of likely N-dealkylation sites (tertiary alicyclic amines) is 1. The van der Waals surface area contributed by atoms with E-state index in [4.69, 9.17) is 9.47 Å². The molecule has 0 bridgehead atoms. The normalized spacial score (nSPS) is 15.6. The van der Waals surface area contributed by atoms with Gasteiger partial charge in [-0.25, -0.2) is 9.07 Å². The van der Waals surface area contributed by atoms with Gasteiger partial charge >= 0.3 is 0 Å². The molecule has 1 saturated heterocycles. The molecule has 1 aromatic heterocycles. The van der Waals surface area contributed by atoms with Gasteiger partial charge in [0.2, 0.25) is 0 Å². The van der Waals surface area contributed by atoms with Gasteiger partial charge in [0.25, 0.3) is 0 Å². The van der Waals surface area contributed by atoms with Crippen LogP contribution in [0.3, 0.4) is 0 Å². The SMILES string of the molecule is CN=C(NCCc1ccn(-c2ccc(F)cc2)n1)N1CCC(OCCCOC)CC1. The minimum atomic E-state index is -0.247. The first-order chi connectivity index (χ1) is 14.7. The fourth-order valence-electron chi connectivity index (χ4n) is 3.55. The number of nitrogens with zero attached hydrogens (tertiary/aromatic N) is 4. The quantitative estimate of drug-likeness (QED) is 0.386. The van der Waals surface area contributed by atoms with Gasteiger partial charge in [0.05, 0.1) is 17.5 Å². The van der Waals surface area contributed by atoms with E-state index in [0.29, 0.717) is 6.10 Å². The molecule has 1 aliphatic rings. The number of rotatable bonds is 9. The molecule has 2 aromatic rings. The zero-order valence-corrected chi connectivity index (χ0v) is 17.9. The van der Waals surface area contributed by atoms with Gasteiger partial charge in [-0.3, -0.25) is 4.99 Å². The van der Waals surface area contributed by atoms with E-state index in [1.807, 2.05) is 19.3 Å². The third-order valence-corrected chi connectivity index (χ3v) is 5.20. The number of guanidine groups is 1. The molecule has 0 atom stereocenters. The molecule has 3 rings (SSSR count). The van der Waals surface area contributed by atoms with E-state index in [9.17, 15) is 4.39 Å². The van der Waals surface area contributed by atoms with Crippen LogP contribution in [0.15, 0.2) is 41.5 Å². The van der Waals surface area contributed by atoms with E-state index < -0.39 is 0 Å². The fraction of sp³-hybridized carbons (Fsp3) is 0.545. The molecule has 0 saturated carbocycles. The smallest absolute Gasteiger partial charge is 0.193 e. The summed E-state index contributed by atoms with van der Waals surface area (Å²) in [6.45, 7) is 4.13. The van der Waals surface area contributed by atoms with Gasteiger partial charge in [0.1, 0.15) is 5.82 Å². The van der Waals surface area contributed by atoms with Gasteiger partial charge < -0.3 is 19.7 Å². The highest BCUT2D eigenvalue weighted by Crippen LogP contribution is 2.14. The first-order valence-electron chi connectivity index (χ1n) is 10.6. The predicted octanol–water partition coefficient (Wildman–Crippen LogP) is 2.65. The molecule has 164 valence electrons. The van der Waals surface area contributed by atoms with Crippen LogP contribution in [0.5, 0.6) is 0 Å². The van der Waals surface area contributed by atoms with E-state index in [1.54, 1.807) is 23.9 Å². The van der Waals surface area contributed by atoms with Crippen molar-refractivity contribution in [1.29, 1.82) is 0 Å². The van der Waals surface area contributed by atoms with E-state index in [1.165, 1.54) is 12.1 Å². The lowest BCUT2D eigenvalue weighted by molar-refractivity contribution is 0.00992. The number of piperidine rings is 1. The summed E-state index contributed by atoms with van der Waals surface area (Å²) in [5.74, 6) is 0.675. The van der Waals surface area contributed by atoms with Crippen molar-refractivity contribution in [3.8, 4) is 5.69 Å². The number of aliphatic imine (C=N–C) groups is 1. The van der Waals surface area contributed by atoms with Crippen LogP contribution in [-0.2, 0) is 15.9 Å². The Labute approximate surface area is 177 Å². The summed E-state index contributed by atoms with van der Waals surface area (Å²) in [4.78, 5) is 6.71. The number of hydrogen-bond donors (Lipinski definition) is 1. The molecule has 0 radical (unpaired) electrons. The Balaban J connectivity index is 1.39. The van der Waals surface area contributed by atoms with Crippen molar-refractivity contribution in [3.63, 3.8) is 0 Å². The highest BCUT2D eigenvalue weighted by molar-refractivity contribution is 5.79. The molecule has 1 aliphatic heterocycles. The molecule has 2 heterocycles. The summed E-state index contributed by atoms with van der Waals surface area (Å²) >= 11 is 0. The van der Waals surface area contributed by atoms with Crippen molar-refractivity contribution >= 4 is 5.96 Å². The maximum Gasteiger partial charge on any atom is 0.193 e. The van der Waals surface area contributed by atoms with Gasteiger partial charge in [-0.1, -0.05) is 0 Å². The molecule has 1 aromatic carbocycles. The van der Waals surface area contributed by atoms with Crippen LogP contribution in [0.2, 0.25) is 0 Å². The minimum Gasteiger partial charge on any atom is -0.385 e. The average Bonchev–Trinajstić information content (AvgIpc) is 3.24. The first-order valence-corrected chi connectivity index (χ1v) is 10.6. The van der Waals surface area contributed by atoms with Crippen molar-refractivity contribution in [3.05, 3.63) is 48.0 Å². The molecular formula is C22H32FN5O2. The number of benzene rings is 1. The number of aromatic nitrogens is 2. The molecule has 8 heteroatoms. The van der Waals surface area contributed by atoms with E-state index in [0.717, 1.165) is 75.9 Å². The lowest BCUT2D eigenvalue weighted by Gasteiger charge is -2.34. The maximum absolute atomic E-state index is 13.1. The largest absolute Gasteiger partial charge is 0.385 e. The average molecular weight is 418 g/mol. The second-order valence-electron chi connectivity index (χ2n) is 7.36. The first kappa shape index (κ1) is 22.2. The Hall–Kier alpha value is -2.45. The van der Waals surface area contributed by atoms with Crippen LogP contribution in [0.1, 0.15) is 25.0 Å². The van der Waals surface area contributed by atoms with Crippen molar-refractivity contribution in [2.45, 2.75) is 31.8 Å². The summed E-state index contributed by atoms with van der Waals surface area (Å²) in [5.41, 5.74) is 1.82. The lowest BCUT2D eigenvalue weighted by Crippen LogP contribution is -2.47. The molecule has 0 spiro atoms. The summed E-state index contributed by atoms with van der Waals surface area (Å²) in [7, 11) is 3.53.